The fourth-order valence-corrected chi connectivity index (χ4v) is 2.25. The van der Waals surface area contributed by atoms with Crippen molar-refractivity contribution in [2.45, 2.75) is 32.0 Å². The van der Waals surface area contributed by atoms with Gasteiger partial charge < -0.3 is 5.32 Å². The first kappa shape index (κ1) is 17.0. The van der Waals surface area contributed by atoms with Gasteiger partial charge in [0.1, 0.15) is 0 Å². The lowest BCUT2D eigenvalue weighted by atomic mass is 10.0. The molecule has 0 radical (unpaired) electrons. The van der Waals surface area contributed by atoms with E-state index in [-0.39, 0.29) is 6.04 Å². The third kappa shape index (κ3) is 5.92. The lowest BCUT2D eigenvalue weighted by Crippen LogP contribution is -2.37. The molecule has 0 aromatic heterocycles. The molecule has 1 atom stereocenters. The van der Waals surface area contributed by atoms with Crippen LogP contribution in [0.1, 0.15) is 30.5 Å². The minimum absolute atomic E-state index is 0.0990. The quantitative estimate of drug-likeness (QED) is 0.827. The lowest BCUT2D eigenvalue weighted by Gasteiger charge is -2.25. The van der Waals surface area contributed by atoms with Crippen molar-refractivity contribution in [2.75, 3.05) is 27.2 Å². The zero-order chi connectivity index (χ0) is 15.2. The van der Waals surface area contributed by atoms with Gasteiger partial charge in [0.05, 0.1) is 6.54 Å². The van der Waals surface area contributed by atoms with Crippen LogP contribution < -0.4 is 5.32 Å². The van der Waals surface area contributed by atoms with E-state index in [1.807, 2.05) is 24.3 Å². The van der Waals surface area contributed by atoms with E-state index in [9.17, 15) is 13.2 Å². The Bertz CT molecular complexity index is 387. The molecule has 1 rings (SSSR count). The Balaban J connectivity index is 2.65. The van der Waals surface area contributed by atoms with Gasteiger partial charge in [0.15, 0.2) is 0 Å². The maximum absolute atomic E-state index is 12.3. The van der Waals surface area contributed by atoms with Crippen LogP contribution in [0.15, 0.2) is 24.3 Å². The monoisotopic (exact) mass is 288 g/mol. The van der Waals surface area contributed by atoms with Crippen LogP contribution in [-0.4, -0.2) is 38.3 Å². The molecular weight excluding hydrogens is 265 g/mol. The Morgan fingerprint density at radius 3 is 2.25 bits per heavy atom. The molecule has 0 heterocycles. The Morgan fingerprint density at radius 1 is 1.20 bits per heavy atom. The summed E-state index contributed by atoms with van der Waals surface area (Å²) in [6, 6.07) is 7.99. The van der Waals surface area contributed by atoms with Crippen molar-refractivity contribution in [1.29, 1.82) is 0 Å². The number of nitrogens with one attached hydrogen (secondary N) is 1. The zero-order valence-corrected chi connectivity index (χ0v) is 12.3. The normalized spacial score (nSPS) is 13.8. The molecule has 0 aliphatic rings. The summed E-state index contributed by atoms with van der Waals surface area (Å²) in [5, 5.41) is 3.08. The van der Waals surface area contributed by atoms with Gasteiger partial charge >= 0.3 is 6.18 Å². The third-order valence-electron chi connectivity index (χ3n) is 3.21. The molecule has 0 aliphatic carbocycles. The highest BCUT2D eigenvalue weighted by atomic mass is 19.4. The van der Waals surface area contributed by atoms with Crippen LogP contribution in [0.2, 0.25) is 0 Å². The van der Waals surface area contributed by atoms with E-state index < -0.39 is 12.7 Å². The second-order valence-electron chi connectivity index (χ2n) is 5.14. The van der Waals surface area contributed by atoms with E-state index in [2.05, 4.69) is 12.2 Å². The van der Waals surface area contributed by atoms with Crippen LogP contribution in [0, 0.1) is 0 Å². The van der Waals surface area contributed by atoms with E-state index in [1.54, 1.807) is 7.05 Å². The number of rotatable bonds is 7. The Morgan fingerprint density at radius 2 is 1.80 bits per heavy atom. The van der Waals surface area contributed by atoms with Crippen molar-refractivity contribution < 1.29 is 13.2 Å². The van der Waals surface area contributed by atoms with Gasteiger partial charge in [-0.25, -0.2) is 0 Å². The van der Waals surface area contributed by atoms with Crippen molar-refractivity contribution in [3.05, 3.63) is 35.4 Å². The number of benzene rings is 1. The number of hydrogen-bond donors (Lipinski definition) is 1. The summed E-state index contributed by atoms with van der Waals surface area (Å²) in [5.74, 6) is 0. The van der Waals surface area contributed by atoms with Crippen LogP contribution in [0.4, 0.5) is 13.2 Å². The first-order valence-electron chi connectivity index (χ1n) is 6.87. The van der Waals surface area contributed by atoms with E-state index in [1.165, 1.54) is 17.5 Å². The Labute approximate surface area is 119 Å². The number of nitrogens with zero attached hydrogens (tertiary/aromatic N) is 1. The molecule has 114 valence electrons. The standard InChI is InChI=1S/C15H23F3N2/c1-4-5-12-6-8-13(9-7-12)14(19-2)10-20(3)11-15(16,17)18/h6-9,14,19H,4-5,10-11H2,1-3H3. The molecule has 0 aliphatic heterocycles. The van der Waals surface area contributed by atoms with E-state index >= 15 is 0 Å². The van der Waals surface area contributed by atoms with Crippen LogP contribution in [0.25, 0.3) is 0 Å². The van der Waals surface area contributed by atoms with Crippen LogP contribution in [0.3, 0.4) is 0 Å². The van der Waals surface area contributed by atoms with Gasteiger partial charge in [0.2, 0.25) is 0 Å². The SMILES string of the molecule is CCCc1ccc(C(CN(C)CC(F)(F)F)NC)cc1. The molecule has 0 fully saturated rings. The summed E-state index contributed by atoms with van der Waals surface area (Å²) < 4.78 is 37.0. The predicted molar refractivity (Wildman–Crippen MR) is 75.8 cm³/mol. The fraction of sp³-hybridized carbons (Fsp3) is 0.600. The molecule has 2 nitrogen and oxygen atoms in total. The first-order valence-corrected chi connectivity index (χ1v) is 6.87. The van der Waals surface area contributed by atoms with Gasteiger partial charge in [0, 0.05) is 12.6 Å². The summed E-state index contributed by atoms with van der Waals surface area (Å²) in [7, 11) is 3.26. The van der Waals surface area contributed by atoms with Crippen molar-refractivity contribution >= 4 is 0 Å². The Kier molecular flexibility index (Phi) is 6.49. The first-order chi connectivity index (χ1) is 9.35. The maximum Gasteiger partial charge on any atom is 0.401 e. The maximum atomic E-state index is 12.3. The van der Waals surface area contributed by atoms with Gasteiger partial charge in [-0.3, -0.25) is 4.90 Å². The van der Waals surface area contributed by atoms with E-state index in [0.717, 1.165) is 18.4 Å². The van der Waals surface area contributed by atoms with E-state index in [0.29, 0.717) is 6.54 Å². The summed E-state index contributed by atoms with van der Waals surface area (Å²) >= 11 is 0. The highest BCUT2D eigenvalue weighted by Gasteiger charge is 2.29. The van der Waals surface area contributed by atoms with Crippen molar-refractivity contribution in [2.24, 2.45) is 0 Å². The molecular formula is C15H23F3N2. The van der Waals surface area contributed by atoms with Crippen molar-refractivity contribution in [1.82, 2.24) is 10.2 Å². The molecule has 20 heavy (non-hydrogen) atoms. The lowest BCUT2D eigenvalue weighted by molar-refractivity contribution is -0.143. The molecule has 1 aromatic rings. The predicted octanol–water partition coefficient (Wildman–Crippen LogP) is 3.39. The largest absolute Gasteiger partial charge is 0.401 e. The molecule has 5 heteroatoms. The van der Waals surface area contributed by atoms with Gasteiger partial charge in [-0.2, -0.15) is 13.2 Å². The average Bonchev–Trinajstić information content (AvgIpc) is 2.35. The molecule has 0 spiro atoms. The Hall–Kier alpha value is -1.07. The van der Waals surface area contributed by atoms with Crippen LogP contribution in [0.5, 0.6) is 0 Å². The summed E-state index contributed by atoms with van der Waals surface area (Å²) in [6.07, 6.45) is -2.04. The summed E-state index contributed by atoms with van der Waals surface area (Å²) in [6.45, 7) is 1.55. The number of aryl methyl sites for hydroxylation is 1. The highest BCUT2D eigenvalue weighted by molar-refractivity contribution is 5.25. The highest BCUT2D eigenvalue weighted by Crippen LogP contribution is 2.19. The second-order valence-corrected chi connectivity index (χ2v) is 5.14. The smallest absolute Gasteiger partial charge is 0.312 e. The molecule has 1 aromatic carbocycles. The van der Waals surface area contributed by atoms with Gasteiger partial charge in [-0.1, -0.05) is 37.6 Å². The van der Waals surface area contributed by atoms with Crippen LogP contribution in [-0.2, 0) is 6.42 Å². The molecule has 1 N–H and O–H groups in total. The number of alkyl halides is 3. The molecule has 1 unspecified atom stereocenters. The van der Waals surface area contributed by atoms with E-state index in [4.69, 9.17) is 0 Å². The molecule has 0 saturated carbocycles. The average molecular weight is 288 g/mol. The minimum atomic E-state index is -4.15. The molecule has 0 amide bonds. The van der Waals surface area contributed by atoms with Gasteiger partial charge in [0.25, 0.3) is 0 Å². The van der Waals surface area contributed by atoms with Gasteiger partial charge in [-0.05, 0) is 31.6 Å². The minimum Gasteiger partial charge on any atom is -0.312 e. The summed E-state index contributed by atoms with van der Waals surface area (Å²) in [5.41, 5.74) is 2.27. The van der Waals surface area contributed by atoms with Crippen molar-refractivity contribution in [3.8, 4) is 0 Å². The number of halogens is 3. The fourth-order valence-electron chi connectivity index (χ4n) is 2.25. The number of hydrogen-bond acceptors (Lipinski definition) is 2. The zero-order valence-electron chi connectivity index (χ0n) is 12.3. The molecule has 0 bridgehead atoms. The second kappa shape index (κ2) is 7.64. The van der Waals surface area contributed by atoms with Gasteiger partial charge in [-0.15, -0.1) is 0 Å². The summed E-state index contributed by atoms with van der Waals surface area (Å²) in [4.78, 5) is 1.29. The van der Waals surface area contributed by atoms with Crippen molar-refractivity contribution in [3.63, 3.8) is 0 Å². The number of likely N-dealkylation sites (N-methyl/N-ethyl adjacent to an activating group) is 2. The third-order valence-corrected chi connectivity index (χ3v) is 3.21. The topological polar surface area (TPSA) is 15.3 Å². The van der Waals surface area contributed by atoms with Crippen LogP contribution >= 0.6 is 0 Å². The molecule has 0 saturated heterocycles.